The number of sulfonamides is 1. The first kappa shape index (κ1) is 17.3. The predicted octanol–water partition coefficient (Wildman–Crippen LogP) is 4.35. The van der Waals surface area contributed by atoms with E-state index in [1.165, 1.54) is 5.56 Å². The quantitative estimate of drug-likeness (QED) is 0.671. The third-order valence-corrected chi connectivity index (χ3v) is 7.23. The number of benzene rings is 1. The zero-order valence-corrected chi connectivity index (χ0v) is 16.3. The van der Waals surface area contributed by atoms with Gasteiger partial charge in [0, 0.05) is 4.88 Å². The molecule has 2 aromatic heterocycles. The van der Waals surface area contributed by atoms with Crippen LogP contribution in [0.2, 0.25) is 0 Å². The summed E-state index contributed by atoms with van der Waals surface area (Å²) in [5, 5.41) is 9.26. The Bertz CT molecular complexity index is 989. The molecule has 0 atom stereocenters. The maximum atomic E-state index is 12.0. The van der Waals surface area contributed by atoms with Crippen LogP contribution in [0.4, 0.5) is 0 Å². The van der Waals surface area contributed by atoms with Crippen molar-refractivity contribution in [1.82, 2.24) is 5.16 Å². The van der Waals surface area contributed by atoms with E-state index in [-0.39, 0.29) is 4.21 Å². The minimum atomic E-state index is -3.88. The van der Waals surface area contributed by atoms with Gasteiger partial charge in [0.1, 0.15) is 4.21 Å². The van der Waals surface area contributed by atoms with Crippen molar-refractivity contribution in [1.29, 1.82) is 0 Å². The number of hydrogen-bond donors (Lipinski definition) is 1. The molecule has 126 valence electrons. The molecule has 0 saturated heterocycles. The molecule has 2 heterocycles. The fraction of sp³-hybridized carbons (Fsp3) is 0.188. The monoisotopic (exact) mass is 426 g/mol. The van der Waals surface area contributed by atoms with Crippen molar-refractivity contribution in [2.75, 3.05) is 0 Å². The molecule has 0 fully saturated rings. The Morgan fingerprint density at radius 2 is 1.96 bits per heavy atom. The molecule has 0 unspecified atom stereocenters. The standard InChI is InChI=1S/C16H15BrN2O3S2/c1-3-10-4-6-11(7-5-10)13-8-12(16(23-13)24(18,20)21)15-14(17)9(2)19-22-15/h4-8H,3H2,1-2H3,(H2,18,20,21). The van der Waals surface area contributed by atoms with Gasteiger partial charge < -0.3 is 4.52 Å². The minimum Gasteiger partial charge on any atom is -0.355 e. The second-order valence-corrected chi connectivity index (χ2v) is 8.92. The Labute approximate surface area is 152 Å². The number of halogens is 1. The van der Waals surface area contributed by atoms with Gasteiger partial charge in [0.2, 0.25) is 10.0 Å². The van der Waals surface area contributed by atoms with Crippen molar-refractivity contribution in [3.63, 3.8) is 0 Å². The summed E-state index contributed by atoms with van der Waals surface area (Å²) < 4.78 is 30.0. The topological polar surface area (TPSA) is 86.2 Å². The van der Waals surface area contributed by atoms with Gasteiger partial charge in [0.05, 0.1) is 15.7 Å². The average Bonchev–Trinajstić information content (AvgIpc) is 3.12. The van der Waals surface area contributed by atoms with Crippen LogP contribution < -0.4 is 5.14 Å². The number of hydrogen-bond acceptors (Lipinski definition) is 5. The highest BCUT2D eigenvalue weighted by molar-refractivity contribution is 9.10. The third-order valence-electron chi connectivity index (χ3n) is 3.64. The molecule has 0 saturated carbocycles. The van der Waals surface area contributed by atoms with E-state index in [2.05, 4.69) is 28.0 Å². The predicted molar refractivity (Wildman–Crippen MR) is 98.4 cm³/mol. The molecule has 0 aliphatic rings. The molecule has 0 radical (unpaired) electrons. The van der Waals surface area contributed by atoms with Crippen molar-refractivity contribution in [3.8, 4) is 21.8 Å². The van der Waals surface area contributed by atoms with E-state index in [0.717, 1.165) is 28.2 Å². The second-order valence-electron chi connectivity index (χ2n) is 5.32. The third kappa shape index (κ3) is 3.19. The van der Waals surface area contributed by atoms with E-state index in [9.17, 15) is 8.42 Å². The van der Waals surface area contributed by atoms with E-state index in [1.807, 2.05) is 24.3 Å². The van der Waals surface area contributed by atoms with Crippen molar-refractivity contribution in [2.24, 2.45) is 5.14 Å². The van der Waals surface area contributed by atoms with Gasteiger partial charge in [0.25, 0.3) is 0 Å². The number of thiophene rings is 1. The summed E-state index contributed by atoms with van der Waals surface area (Å²) in [6.45, 7) is 3.85. The van der Waals surface area contributed by atoms with Gasteiger partial charge in [-0.15, -0.1) is 11.3 Å². The average molecular weight is 427 g/mol. The normalized spacial score (nSPS) is 11.8. The van der Waals surface area contributed by atoms with Crippen LogP contribution in [0.3, 0.4) is 0 Å². The lowest BCUT2D eigenvalue weighted by Crippen LogP contribution is -2.11. The molecule has 3 aromatic rings. The first-order valence-electron chi connectivity index (χ1n) is 7.19. The first-order valence-corrected chi connectivity index (χ1v) is 10.3. The number of rotatable bonds is 4. The fourth-order valence-electron chi connectivity index (χ4n) is 2.32. The zero-order chi connectivity index (χ0) is 17.5. The summed E-state index contributed by atoms with van der Waals surface area (Å²) in [5.41, 5.74) is 3.21. The van der Waals surface area contributed by atoms with E-state index in [1.54, 1.807) is 13.0 Å². The maximum Gasteiger partial charge on any atom is 0.248 e. The van der Waals surface area contributed by atoms with E-state index < -0.39 is 10.0 Å². The molecule has 0 aliphatic heterocycles. The summed E-state index contributed by atoms with van der Waals surface area (Å²) >= 11 is 4.51. The molecule has 24 heavy (non-hydrogen) atoms. The van der Waals surface area contributed by atoms with Crippen LogP contribution in [0.1, 0.15) is 18.2 Å². The number of nitrogens with two attached hydrogens (primary N) is 1. The summed E-state index contributed by atoms with van der Waals surface area (Å²) in [5.74, 6) is 0.365. The largest absolute Gasteiger partial charge is 0.355 e. The molecular weight excluding hydrogens is 412 g/mol. The van der Waals surface area contributed by atoms with Gasteiger partial charge in [-0.05, 0) is 46.5 Å². The lowest BCUT2D eigenvalue weighted by Gasteiger charge is -1.99. The van der Waals surface area contributed by atoms with Gasteiger partial charge in [-0.1, -0.05) is 36.3 Å². The second kappa shape index (κ2) is 6.44. The van der Waals surface area contributed by atoms with Gasteiger partial charge in [-0.3, -0.25) is 0 Å². The van der Waals surface area contributed by atoms with Crippen LogP contribution >= 0.6 is 27.3 Å². The molecule has 0 aliphatic carbocycles. The van der Waals surface area contributed by atoms with Gasteiger partial charge in [0.15, 0.2) is 5.76 Å². The highest BCUT2D eigenvalue weighted by Crippen LogP contribution is 2.42. The number of aromatic nitrogens is 1. The minimum absolute atomic E-state index is 0.0638. The highest BCUT2D eigenvalue weighted by Gasteiger charge is 2.25. The van der Waals surface area contributed by atoms with Gasteiger partial charge in [-0.25, -0.2) is 13.6 Å². The SMILES string of the molecule is CCc1ccc(-c2cc(-c3onc(C)c3Br)c(S(N)(=O)=O)s2)cc1. The fourth-order valence-corrected chi connectivity index (χ4v) is 4.76. The smallest absolute Gasteiger partial charge is 0.248 e. The molecule has 0 spiro atoms. The molecule has 8 heteroatoms. The molecule has 2 N–H and O–H groups in total. The highest BCUT2D eigenvalue weighted by atomic mass is 79.9. The van der Waals surface area contributed by atoms with Crippen LogP contribution in [-0.2, 0) is 16.4 Å². The molecule has 0 bridgehead atoms. The maximum absolute atomic E-state index is 12.0. The molecule has 0 amide bonds. The molecule has 5 nitrogen and oxygen atoms in total. The van der Waals surface area contributed by atoms with E-state index in [0.29, 0.717) is 21.5 Å². The lowest BCUT2D eigenvalue weighted by molar-refractivity contribution is 0.426. The van der Waals surface area contributed by atoms with Crippen LogP contribution in [0, 0.1) is 6.92 Å². The summed E-state index contributed by atoms with van der Waals surface area (Å²) in [7, 11) is -3.88. The Kier molecular flexibility index (Phi) is 4.65. The Balaban J connectivity index is 2.18. The summed E-state index contributed by atoms with van der Waals surface area (Å²) in [6, 6.07) is 9.78. The first-order chi connectivity index (χ1) is 11.3. The lowest BCUT2D eigenvalue weighted by atomic mass is 10.1. The van der Waals surface area contributed by atoms with Crippen molar-refractivity contribution < 1.29 is 12.9 Å². The summed E-state index contributed by atoms with van der Waals surface area (Å²) in [4.78, 5) is 0.803. The zero-order valence-electron chi connectivity index (χ0n) is 13.0. The molecule has 3 rings (SSSR count). The van der Waals surface area contributed by atoms with E-state index in [4.69, 9.17) is 9.66 Å². The number of aryl methyl sites for hydroxylation is 2. The number of nitrogens with zero attached hydrogens (tertiary/aromatic N) is 1. The Morgan fingerprint density at radius 3 is 2.46 bits per heavy atom. The van der Waals surface area contributed by atoms with Gasteiger partial charge in [-0.2, -0.15) is 0 Å². The Hall–Kier alpha value is -1.48. The van der Waals surface area contributed by atoms with Crippen LogP contribution in [0.25, 0.3) is 21.8 Å². The van der Waals surface area contributed by atoms with Crippen molar-refractivity contribution in [2.45, 2.75) is 24.5 Å². The molecular formula is C16H15BrN2O3S2. The van der Waals surface area contributed by atoms with Crippen molar-refractivity contribution >= 4 is 37.3 Å². The van der Waals surface area contributed by atoms with E-state index >= 15 is 0 Å². The van der Waals surface area contributed by atoms with Crippen molar-refractivity contribution in [3.05, 3.63) is 46.1 Å². The number of primary sulfonamides is 1. The molecule has 1 aromatic carbocycles. The Morgan fingerprint density at radius 1 is 1.29 bits per heavy atom. The van der Waals surface area contributed by atoms with Crippen LogP contribution in [-0.4, -0.2) is 13.6 Å². The summed E-state index contributed by atoms with van der Waals surface area (Å²) in [6.07, 6.45) is 0.947. The van der Waals surface area contributed by atoms with Crippen LogP contribution in [0.15, 0.2) is 43.5 Å². The van der Waals surface area contributed by atoms with Crippen LogP contribution in [0.5, 0.6) is 0 Å². The van der Waals surface area contributed by atoms with Gasteiger partial charge >= 0.3 is 0 Å².